The first kappa shape index (κ1) is 23.8. The van der Waals surface area contributed by atoms with E-state index in [-0.39, 0.29) is 22.1 Å². The number of hydrogen-bond acceptors (Lipinski definition) is 5. The summed E-state index contributed by atoms with van der Waals surface area (Å²) in [6.45, 7) is 9.85. The number of halogens is 1. The molecule has 168 valence electrons. The minimum Gasteiger partial charge on any atom is -0.358 e. The van der Waals surface area contributed by atoms with Crippen LogP contribution in [0.25, 0.3) is 5.57 Å². The summed E-state index contributed by atoms with van der Waals surface area (Å²) in [7, 11) is -4.15. The number of rotatable bonds is 7. The number of allylic oxidation sites excluding steroid dienone is 2. The van der Waals surface area contributed by atoms with Crippen molar-refractivity contribution in [1.82, 2.24) is 9.78 Å². The second-order valence-corrected chi connectivity index (χ2v) is 9.53. The van der Waals surface area contributed by atoms with Crippen LogP contribution >= 0.6 is 11.6 Å². The third-order valence-electron chi connectivity index (χ3n) is 5.34. The van der Waals surface area contributed by atoms with Gasteiger partial charge in [-0.3, -0.25) is 4.79 Å². The normalized spacial score (nSPS) is 11.3. The summed E-state index contributed by atoms with van der Waals surface area (Å²) in [5.74, 6) is -0.504. The molecular weight excluding hydrogens is 448 g/mol. The van der Waals surface area contributed by atoms with Gasteiger partial charge in [0.25, 0.3) is 0 Å². The number of nitrogens with zero attached hydrogens (tertiary/aromatic N) is 2. The van der Waals surface area contributed by atoms with Crippen LogP contribution in [0.1, 0.15) is 54.7 Å². The summed E-state index contributed by atoms with van der Waals surface area (Å²) in [5.41, 5.74) is 4.04. The van der Waals surface area contributed by atoms with Gasteiger partial charge < -0.3 is 4.18 Å². The van der Waals surface area contributed by atoms with Crippen LogP contribution in [0.15, 0.2) is 59.1 Å². The van der Waals surface area contributed by atoms with E-state index < -0.39 is 10.1 Å². The molecule has 6 nitrogen and oxygen atoms in total. The molecule has 1 heterocycles. The Hall–Kier alpha value is -2.90. The van der Waals surface area contributed by atoms with Crippen molar-refractivity contribution >= 4 is 33.1 Å². The number of aromatic nitrogens is 2. The van der Waals surface area contributed by atoms with Crippen LogP contribution in [0.2, 0.25) is 5.02 Å². The fraction of sp³-hybridized carbons (Fsp3) is 0.250. The van der Waals surface area contributed by atoms with Crippen LogP contribution in [-0.4, -0.2) is 24.0 Å². The smallest absolute Gasteiger partial charge is 0.340 e. The summed E-state index contributed by atoms with van der Waals surface area (Å²) in [5, 5.41) is 4.71. The molecule has 2 aromatic carbocycles. The summed E-state index contributed by atoms with van der Waals surface area (Å²) in [6, 6.07) is 11.1. The molecule has 1 aromatic heterocycles. The number of ketones is 1. The van der Waals surface area contributed by atoms with E-state index in [2.05, 4.69) is 5.10 Å². The number of carbonyl (C=O) groups is 1. The lowest BCUT2D eigenvalue weighted by Gasteiger charge is -2.15. The van der Waals surface area contributed by atoms with E-state index in [1.165, 1.54) is 23.0 Å². The summed E-state index contributed by atoms with van der Waals surface area (Å²) < 4.78 is 32.4. The minimum atomic E-state index is -4.15. The second kappa shape index (κ2) is 9.30. The maximum atomic E-state index is 13.5. The fourth-order valence-electron chi connectivity index (χ4n) is 3.36. The van der Waals surface area contributed by atoms with Crippen molar-refractivity contribution in [2.75, 3.05) is 0 Å². The van der Waals surface area contributed by atoms with E-state index in [9.17, 15) is 13.2 Å². The highest BCUT2D eigenvalue weighted by Gasteiger charge is 2.27. The van der Waals surface area contributed by atoms with Gasteiger partial charge in [0.2, 0.25) is 5.88 Å². The Morgan fingerprint density at radius 3 is 2.31 bits per heavy atom. The Kier molecular flexibility index (Phi) is 6.91. The highest BCUT2D eigenvalue weighted by Crippen LogP contribution is 2.33. The molecule has 0 aliphatic carbocycles. The highest BCUT2D eigenvalue weighted by atomic mass is 35.5. The van der Waals surface area contributed by atoms with Gasteiger partial charge in [0.05, 0.1) is 6.20 Å². The lowest BCUT2D eigenvalue weighted by Crippen LogP contribution is -2.15. The Balaban J connectivity index is 2.11. The highest BCUT2D eigenvalue weighted by molar-refractivity contribution is 7.87. The van der Waals surface area contributed by atoms with Crippen LogP contribution in [0, 0.1) is 6.92 Å². The molecule has 32 heavy (non-hydrogen) atoms. The first-order valence-corrected chi connectivity index (χ1v) is 11.9. The Morgan fingerprint density at radius 2 is 1.72 bits per heavy atom. The van der Waals surface area contributed by atoms with Gasteiger partial charge >= 0.3 is 10.1 Å². The van der Waals surface area contributed by atoms with Crippen LogP contribution in [0.3, 0.4) is 0 Å². The third-order valence-corrected chi connectivity index (χ3v) is 6.88. The van der Waals surface area contributed by atoms with Gasteiger partial charge in [-0.05, 0) is 75.6 Å². The van der Waals surface area contributed by atoms with Crippen molar-refractivity contribution in [1.29, 1.82) is 0 Å². The monoisotopic (exact) mass is 472 g/mol. The summed E-state index contributed by atoms with van der Waals surface area (Å²) in [6.07, 6.45) is 1.34. The van der Waals surface area contributed by atoms with Crippen molar-refractivity contribution in [3.8, 4) is 5.88 Å². The average Bonchev–Trinajstić information content (AvgIpc) is 3.15. The molecule has 3 rings (SSSR count). The molecule has 0 radical (unpaired) electrons. The number of carbonyl (C=O) groups excluding carboxylic acids is 1. The predicted octanol–water partition coefficient (Wildman–Crippen LogP) is 5.68. The van der Waals surface area contributed by atoms with Crippen molar-refractivity contribution in [2.45, 2.75) is 46.1 Å². The zero-order valence-electron chi connectivity index (χ0n) is 18.6. The molecule has 0 fully saturated rings. The predicted molar refractivity (Wildman–Crippen MR) is 126 cm³/mol. The third kappa shape index (κ3) is 4.49. The quantitative estimate of drug-likeness (QED) is 0.326. The maximum Gasteiger partial charge on any atom is 0.340 e. The SMILES string of the molecule is CCn1ncc(C(=O)c2ccc(Cl)c(C(C)=C(C)C)c2C)c1OS(=O)(=O)c1ccccc1. The molecule has 3 aromatic rings. The molecule has 0 unspecified atom stereocenters. The minimum absolute atomic E-state index is 0.00797. The molecule has 0 spiro atoms. The van der Waals surface area contributed by atoms with E-state index >= 15 is 0 Å². The van der Waals surface area contributed by atoms with E-state index in [1.807, 2.05) is 27.7 Å². The molecule has 0 atom stereocenters. The number of benzene rings is 2. The lowest BCUT2D eigenvalue weighted by molar-refractivity contribution is 0.103. The zero-order chi connectivity index (χ0) is 23.6. The van der Waals surface area contributed by atoms with E-state index in [0.29, 0.717) is 22.7 Å². The van der Waals surface area contributed by atoms with E-state index in [0.717, 1.165) is 16.7 Å². The topological polar surface area (TPSA) is 78.3 Å². The van der Waals surface area contributed by atoms with Crippen molar-refractivity contribution in [3.05, 3.63) is 81.5 Å². The van der Waals surface area contributed by atoms with Gasteiger partial charge in [-0.2, -0.15) is 13.5 Å². The molecule has 0 amide bonds. The summed E-state index contributed by atoms with van der Waals surface area (Å²) >= 11 is 6.44. The van der Waals surface area contributed by atoms with Gasteiger partial charge in [-0.1, -0.05) is 35.4 Å². The first-order chi connectivity index (χ1) is 15.1. The Morgan fingerprint density at radius 1 is 1.06 bits per heavy atom. The Bertz CT molecular complexity index is 1310. The second-order valence-electron chi connectivity index (χ2n) is 7.58. The zero-order valence-corrected chi connectivity index (χ0v) is 20.2. The van der Waals surface area contributed by atoms with Crippen LogP contribution in [0.4, 0.5) is 0 Å². The van der Waals surface area contributed by atoms with Crippen LogP contribution in [0.5, 0.6) is 5.88 Å². The molecule has 0 saturated heterocycles. The molecular formula is C24H25ClN2O4S. The van der Waals surface area contributed by atoms with Gasteiger partial charge in [0.1, 0.15) is 10.5 Å². The van der Waals surface area contributed by atoms with Gasteiger partial charge in [-0.25, -0.2) is 4.68 Å². The molecule has 0 aliphatic heterocycles. The number of hydrogen-bond donors (Lipinski definition) is 0. The molecule has 0 bridgehead atoms. The van der Waals surface area contributed by atoms with Gasteiger partial charge in [0.15, 0.2) is 5.78 Å². The van der Waals surface area contributed by atoms with Crippen LogP contribution < -0.4 is 4.18 Å². The molecule has 0 aliphatic rings. The van der Waals surface area contributed by atoms with Gasteiger partial charge in [-0.15, -0.1) is 0 Å². The number of aryl methyl sites for hydroxylation is 1. The van der Waals surface area contributed by atoms with E-state index in [4.69, 9.17) is 15.8 Å². The van der Waals surface area contributed by atoms with Gasteiger partial charge in [0, 0.05) is 17.1 Å². The van der Waals surface area contributed by atoms with Crippen molar-refractivity contribution < 1.29 is 17.4 Å². The maximum absolute atomic E-state index is 13.5. The molecule has 0 N–H and O–H groups in total. The molecule has 8 heteroatoms. The van der Waals surface area contributed by atoms with E-state index in [1.54, 1.807) is 37.3 Å². The average molecular weight is 473 g/mol. The van der Waals surface area contributed by atoms with Crippen molar-refractivity contribution in [2.24, 2.45) is 0 Å². The largest absolute Gasteiger partial charge is 0.358 e. The fourth-order valence-corrected chi connectivity index (χ4v) is 4.68. The summed E-state index contributed by atoms with van der Waals surface area (Å²) in [4.78, 5) is 13.5. The van der Waals surface area contributed by atoms with Crippen LogP contribution in [-0.2, 0) is 16.7 Å². The van der Waals surface area contributed by atoms with Crippen molar-refractivity contribution in [3.63, 3.8) is 0 Å². The standard InChI is InChI=1S/C24H25ClN2O4S/c1-6-27-24(31-32(29,30)18-10-8-7-9-11-18)20(14-26-27)23(28)19-12-13-21(25)22(17(19)5)16(4)15(2)3/h7-14H,6H2,1-5H3. The Labute approximate surface area is 193 Å². The first-order valence-electron chi connectivity index (χ1n) is 10.1. The molecule has 0 saturated carbocycles. The lowest BCUT2D eigenvalue weighted by atomic mass is 9.92.